The molecule has 1 atom stereocenters. The highest BCUT2D eigenvalue weighted by Gasteiger charge is 2.28. The summed E-state index contributed by atoms with van der Waals surface area (Å²) in [6.45, 7) is 9.15. The van der Waals surface area contributed by atoms with Crippen LogP contribution in [0.15, 0.2) is 42.5 Å². The lowest BCUT2D eigenvalue weighted by molar-refractivity contribution is -0.0557. The largest absolute Gasteiger partial charge is 0.374 e. The lowest BCUT2D eigenvalue weighted by atomic mass is 10.0. The molecule has 1 saturated heterocycles. The Kier molecular flexibility index (Phi) is 8.52. The van der Waals surface area contributed by atoms with E-state index >= 15 is 0 Å². The number of hydrogen-bond donors (Lipinski definition) is 1. The van der Waals surface area contributed by atoms with Gasteiger partial charge in [-0.25, -0.2) is 8.42 Å². The van der Waals surface area contributed by atoms with Crippen LogP contribution in [0.25, 0.3) is 0 Å². The molecule has 0 radical (unpaired) electrons. The van der Waals surface area contributed by atoms with Crippen LogP contribution in [0.4, 0.5) is 5.69 Å². The molecular weight excluding hydrogens is 497 g/mol. The van der Waals surface area contributed by atoms with Crippen LogP contribution in [0.1, 0.15) is 36.7 Å². The van der Waals surface area contributed by atoms with Crippen molar-refractivity contribution in [2.24, 2.45) is 0 Å². The minimum Gasteiger partial charge on any atom is -0.374 e. The number of nitrogens with zero attached hydrogens (tertiary/aromatic N) is 2. The molecule has 1 amide bonds. The van der Waals surface area contributed by atoms with Crippen LogP contribution >= 0.6 is 23.2 Å². The fourth-order valence-electron chi connectivity index (χ4n) is 3.77. The lowest BCUT2D eigenvalue weighted by Gasteiger charge is -2.41. The highest BCUT2D eigenvalue weighted by atomic mass is 35.5. The summed E-state index contributed by atoms with van der Waals surface area (Å²) in [5.74, 6) is -0.244. The molecule has 1 aliphatic rings. The normalized spacial score (nSPS) is 17.4. The van der Waals surface area contributed by atoms with Crippen molar-refractivity contribution in [1.82, 2.24) is 10.2 Å². The maximum absolute atomic E-state index is 12.7. The Morgan fingerprint density at radius 3 is 2.47 bits per heavy atom. The van der Waals surface area contributed by atoms with Crippen molar-refractivity contribution in [3.05, 3.63) is 63.6 Å². The van der Waals surface area contributed by atoms with Crippen molar-refractivity contribution >= 4 is 44.8 Å². The van der Waals surface area contributed by atoms with Gasteiger partial charge in [-0.05, 0) is 56.7 Å². The van der Waals surface area contributed by atoms with E-state index in [2.05, 4.69) is 31.0 Å². The number of amides is 1. The molecule has 0 saturated carbocycles. The van der Waals surface area contributed by atoms with E-state index in [1.165, 1.54) is 4.31 Å². The minimum absolute atomic E-state index is 0.0209. The number of carbonyl (C=O) groups excluding carboxylic acids is 1. The molecule has 1 unspecified atom stereocenters. The fraction of sp³-hybridized carbons (Fsp3) is 0.458. The highest BCUT2D eigenvalue weighted by Crippen LogP contribution is 2.29. The van der Waals surface area contributed by atoms with Crippen molar-refractivity contribution in [3.8, 4) is 0 Å². The zero-order valence-corrected chi connectivity index (χ0v) is 22.2. The van der Waals surface area contributed by atoms with Crippen LogP contribution in [0, 0.1) is 0 Å². The maximum atomic E-state index is 12.7. The summed E-state index contributed by atoms with van der Waals surface area (Å²) in [6, 6.07) is 11.5. The molecule has 1 N–H and O–H groups in total. The Balaban J connectivity index is 1.67. The van der Waals surface area contributed by atoms with E-state index in [9.17, 15) is 13.2 Å². The van der Waals surface area contributed by atoms with E-state index in [1.54, 1.807) is 42.5 Å². The summed E-state index contributed by atoms with van der Waals surface area (Å²) >= 11 is 12.3. The molecule has 1 aliphatic heterocycles. The Morgan fingerprint density at radius 1 is 1.18 bits per heavy atom. The first-order valence-electron chi connectivity index (χ1n) is 11.0. The molecule has 7 nitrogen and oxygen atoms in total. The van der Waals surface area contributed by atoms with Crippen molar-refractivity contribution in [2.75, 3.05) is 36.8 Å². The monoisotopic (exact) mass is 527 g/mol. The van der Waals surface area contributed by atoms with Gasteiger partial charge in [-0.2, -0.15) is 0 Å². The Bertz CT molecular complexity index is 1120. The number of halogens is 2. The van der Waals surface area contributed by atoms with E-state index in [1.807, 2.05) is 0 Å². The molecule has 10 heteroatoms. The molecule has 0 spiro atoms. The second-order valence-electron chi connectivity index (χ2n) is 9.35. The molecule has 0 aliphatic carbocycles. The van der Waals surface area contributed by atoms with Gasteiger partial charge in [0.1, 0.15) is 0 Å². The highest BCUT2D eigenvalue weighted by molar-refractivity contribution is 7.92. The van der Waals surface area contributed by atoms with Crippen LogP contribution in [0.5, 0.6) is 0 Å². The molecule has 2 aromatic carbocycles. The molecule has 3 rings (SSSR count). The average molecular weight is 529 g/mol. The fourth-order valence-corrected chi connectivity index (χ4v) is 5.02. The van der Waals surface area contributed by atoms with Gasteiger partial charge in [-0.3, -0.25) is 14.0 Å². The number of morpholine rings is 1. The van der Waals surface area contributed by atoms with Gasteiger partial charge >= 0.3 is 0 Å². The SMILES string of the molecule is CC(C)(C)N1CCOC(CNC(=O)c2ccc(N(Cc3cccc(Cl)c3Cl)S(C)(=O)=O)cc2)C1. The van der Waals surface area contributed by atoms with Crippen molar-refractivity contribution in [2.45, 2.75) is 39.0 Å². The summed E-state index contributed by atoms with van der Waals surface area (Å²) in [5.41, 5.74) is 1.48. The van der Waals surface area contributed by atoms with Gasteiger partial charge in [0.05, 0.1) is 41.2 Å². The molecule has 0 bridgehead atoms. The summed E-state index contributed by atoms with van der Waals surface area (Å²) < 4.78 is 32.0. The van der Waals surface area contributed by atoms with E-state index in [-0.39, 0.29) is 24.1 Å². The smallest absolute Gasteiger partial charge is 0.251 e. The third-order valence-electron chi connectivity index (χ3n) is 5.74. The van der Waals surface area contributed by atoms with Gasteiger partial charge in [0, 0.05) is 30.7 Å². The number of ether oxygens (including phenoxy) is 1. The predicted molar refractivity (Wildman–Crippen MR) is 137 cm³/mol. The standard InChI is InChI=1S/C24H31Cl2N3O4S/c1-24(2,3)28-12-13-33-20(16-28)14-27-23(30)17-8-10-19(11-9-17)29(34(4,31)32)15-18-6-5-7-21(25)22(18)26/h5-11,20H,12-16H2,1-4H3,(H,27,30). The number of hydrogen-bond acceptors (Lipinski definition) is 5. The Morgan fingerprint density at radius 2 is 1.85 bits per heavy atom. The van der Waals surface area contributed by atoms with Crippen LogP contribution in [-0.4, -0.2) is 63.4 Å². The zero-order chi connectivity index (χ0) is 25.1. The molecule has 34 heavy (non-hydrogen) atoms. The van der Waals surface area contributed by atoms with Crippen LogP contribution in [0.3, 0.4) is 0 Å². The summed E-state index contributed by atoms with van der Waals surface area (Å²) in [7, 11) is -3.61. The minimum atomic E-state index is -3.61. The second-order valence-corrected chi connectivity index (χ2v) is 12.0. The van der Waals surface area contributed by atoms with Crippen molar-refractivity contribution in [1.29, 1.82) is 0 Å². The third-order valence-corrected chi connectivity index (χ3v) is 7.74. The first-order chi connectivity index (χ1) is 15.9. The van der Waals surface area contributed by atoms with E-state index in [0.29, 0.717) is 40.0 Å². The van der Waals surface area contributed by atoms with Crippen LogP contribution in [0.2, 0.25) is 10.0 Å². The predicted octanol–water partition coefficient (Wildman–Crippen LogP) is 4.19. The van der Waals surface area contributed by atoms with E-state index in [4.69, 9.17) is 27.9 Å². The molecule has 2 aromatic rings. The topological polar surface area (TPSA) is 79.0 Å². The summed E-state index contributed by atoms with van der Waals surface area (Å²) in [4.78, 5) is 15.0. The Hall–Kier alpha value is -1.84. The second kappa shape index (κ2) is 10.8. The van der Waals surface area contributed by atoms with Gasteiger partial charge in [0.2, 0.25) is 10.0 Å². The number of carbonyl (C=O) groups is 1. The summed E-state index contributed by atoms with van der Waals surface area (Å²) in [6.07, 6.45) is 1.04. The van der Waals surface area contributed by atoms with Gasteiger partial charge in [-0.15, -0.1) is 0 Å². The molecule has 1 fully saturated rings. The number of anilines is 1. The first-order valence-corrected chi connectivity index (χ1v) is 13.6. The van der Waals surface area contributed by atoms with Gasteiger partial charge in [0.15, 0.2) is 0 Å². The number of nitrogens with one attached hydrogen (secondary N) is 1. The molecular formula is C24H31Cl2N3O4S. The van der Waals surface area contributed by atoms with Gasteiger partial charge < -0.3 is 10.1 Å². The quantitative estimate of drug-likeness (QED) is 0.583. The molecule has 186 valence electrons. The van der Waals surface area contributed by atoms with Crippen molar-refractivity contribution in [3.63, 3.8) is 0 Å². The number of rotatable bonds is 7. The first kappa shape index (κ1) is 26.8. The van der Waals surface area contributed by atoms with Gasteiger partial charge in [0.25, 0.3) is 5.91 Å². The third kappa shape index (κ3) is 6.86. The molecule has 0 aromatic heterocycles. The number of benzene rings is 2. The number of sulfonamides is 1. The zero-order valence-electron chi connectivity index (χ0n) is 19.8. The Labute approximate surface area is 212 Å². The summed E-state index contributed by atoms with van der Waals surface area (Å²) in [5, 5.41) is 3.58. The van der Waals surface area contributed by atoms with E-state index < -0.39 is 10.0 Å². The maximum Gasteiger partial charge on any atom is 0.251 e. The van der Waals surface area contributed by atoms with E-state index in [0.717, 1.165) is 19.3 Å². The van der Waals surface area contributed by atoms with Gasteiger partial charge in [-0.1, -0.05) is 35.3 Å². The van der Waals surface area contributed by atoms with Crippen LogP contribution < -0.4 is 9.62 Å². The average Bonchev–Trinajstić information content (AvgIpc) is 2.77. The van der Waals surface area contributed by atoms with Crippen molar-refractivity contribution < 1.29 is 17.9 Å². The molecule has 1 heterocycles. The van der Waals surface area contributed by atoms with Crippen LogP contribution in [-0.2, 0) is 21.3 Å². The lowest BCUT2D eigenvalue weighted by Crippen LogP contribution is -2.53.